The van der Waals surface area contributed by atoms with Crippen LogP contribution in [0.1, 0.15) is 55.5 Å². The second-order valence-electron chi connectivity index (χ2n) is 8.86. The maximum absolute atomic E-state index is 13.3. The van der Waals surface area contributed by atoms with Crippen LogP contribution >= 0.6 is 0 Å². The van der Waals surface area contributed by atoms with Crippen LogP contribution in [0.2, 0.25) is 0 Å². The first-order valence-corrected chi connectivity index (χ1v) is 12.0. The molecule has 0 aliphatic carbocycles. The van der Waals surface area contributed by atoms with Crippen molar-refractivity contribution < 1.29 is 14.9 Å². The zero-order valence-corrected chi connectivity index (χ0v) is 20.0. The van der Waals surface area contributed by atoms with Crippen molar-refractivity contribution in [1.29, 1.82) is 0 Å². The van der Waals surface area contributed by atoms with Gasteiger partial charge >= 0.3 is 0 Å². The Balaban J connectivity index is 1.86. The van der Waals surface area contributed by atoms with Crippen LogP contribution in [0.5, 0.6) is 0 Å². The summed E-state index contributed by atoms with van der Waals surface area (Å²) in [5.74, 6) is 0.0674. The van der Waals surface area contributed by atoms with E-state index >= 15 is 0 Å². The van der Waals surface area contributed by atoms with Gasteiger partial charge in [0, 0.05) is 51.6 Å². The average molecular weight is 472 g/mol. The third kappa shape index (κ3) is 4.80. The lowest BCUT2D eigenvalue weighted by atomic mass is 9.98. The minimum atomic E-state index is -0.415. The zero-order valence-electron chi connectivity index (χ0n) is 20.0. The molecule has 1 aromatic heterocycles. The second-order valence-corrected chi connectivity index (χ2v) is 8.86. The van der Waals surface area contributed by atoms with E-state index < -0.39 is 10.7 Å². The first kappa shape index (κ1) is 24.1. The Bertz CT molecular complexity index is 1410. The minimum Gasteiger partial charge on any atom is -0.410 e. The number of carbonyl (C=O) groups is 1. The van der Waals surface area contributed by atoms with E-state index in [1.54, 1.807) is 48.5 Å². The van der Waals surface area contributed by atoms with E-state index in [0.717, 1.165) is 54.0 Å². The van der Waals surface area contributed by atoms with Gasteiger partial charge in [0.25, 0.3) is 5.69 Å². The lowest BCUT2D eigenvalue weighted by molar-refractivity contribution is -0.384. The van der Waals surface area contributed by atoms with Gasteiger partial charge in [-0.25, -0.2) is 0 Å². The molecule has 0 fully saturated rings. The fourth-order valence-electron chi connectivity index (χ4n) is 4.69. The van der Waals surface area contributed by atoms with Crippen LogP contribution < -0.4 is 0 Å². The van der Waals surface area contributed by atoms with Gasteiger partial charge in [0.1, 0.15) is 0 Å². The summed E-state index contributed by atoms with van der Waals surface area (Å²) in [7, 11) is 0. The number of oxime groups is 1. The molecule has 4 aromatic rings. The Morgan fingerprint density at radius 1 is 1.00 bits per heavy atom. The van der Waals surface area contributed by atoms with Crippen molar-refractivity contribution >= 4 is 39.0 Å². The SMILES string of the molecule is CCCCC(CC)Cn1c2ccc(C(=O)C(=NO)c3ccccc3)cc2c2cc([N+](=O)[O-])ccc21. The molecule has 7 heteroatoms. The summed E-state index contributed by atoms with van der Waals surface area (Å²) in [6, 6.07) is 19.1. The van der Waals surface area contributed by atoms with Gasteiger partial charge < -0.3 is 9.77 Å². The average Bonchev–Trinajstić information content (AvgIpc) is 3.19. The van der Waals surface area contributed by atoms with Crippen LogP contribution in [0.15, 0.2) is 71.9 Å². The Kier molecular flexibility index (Phi) is 7.25. The topological polar surface area (TPSA) is 97.7 Å². The Hall–Kier alpha value is -4.00. The number of ketones is 1. The predicted octanol–water partition coefficient (Wildman–Crippen LogP) is 6.98. The summed E-state index contributed by atoms with van der Waals surface area (Å²) < 4.78 is 2.21. The van der Waals surface area contributed by atoms with E-state index in [0.29, 0.717) is 17.0 Å². The quantitative estimate of drug-likeness (QED) is 0.0887. The van der Waals surface area contributed by atoms with Gasteiger partial charge in [-0.15, -0.1) is 0 Å². The molecule has 0 bridgehead atoms. The predicted molar refractivity (Wildman–Crippen MR) is 139 cm³/mol. The van der Waals surface area contributed by atoms with Gasteiger partial charge in [-0.1, -0.05) is 68.6 Å². The molecule has 0 radical (unpaired) electrons. The smallest absolute Gasteiger partial charge is 0.270 e. The maximum Gasteiger partial charge on any atom is 0.270 e. The molecule has 0 spiro atoms. The summed E-state index contributed by atoms with van der Waals surface area (Å²) in [4.78, 5) is 24.4. The Labute approximate surface area is 203 Å². The van der Waals surface area contributed by atoms with E-state index in [-0.39, 0.29) is 11.4 Å². The van der Waals surface area contributed by atoms with Crippen LogP contribution in [0.3, 0.4) is 0 Å². The number of nitrogens with zero attached hydrogens (tertiary/aromatic N) is 3. The number of carbonyl (C=O) groups excluding carboxylic acids is 1. The Morgan fingerprint density at radius 3 is 2.31 bits per heavy atom. The fourth-order valence-corrected chi connectivity index (χ4v) is 4.69. The zero-order chi connectivity index (χ0) is 24.9. The highest BCUT2D eigenvalue weighted by Gasteiger charge is 2.21. The van der Waals surface area contributed by atoms with Crippen molar-refractivity contribution in [2.75, 3.05) is 0 Å². The van der Waals surface area contributed by atoms with E-state index in [1.165, 1.54) is 6.07 Å². The van der Waals surface area contributed by atoms with E-state index in [4.69, 9.17) is 0 Å². The van der Waals surface area contributed by atoms with Crippen molar-refractivity contribution in [1.82, 2.24) is 4.57 Å². The molecule has 1 atom stereocenters. The first-order valence-electron chi connectivity index (χ1n) is 12.0. The molecule has 0 aliphatic heterocycles. The number of Topliss-reactive ketones (excluding diaryl/α,β-unsaturated/α-hetero) is 1. The normalized spacial score (nSPS) is 12.8. The molecule has 1 N–H and O–H groups in total. The van der Waals surface area contributed by atoms with Crippen molar-refractivity contribution in [3.63, 3.8) is 0 Å². The van der Waals surface area contributed by atoms with Crippen LogP contribution in [-0.2, 0) is 6.54 Å². The van der Waals surface area contributed by atoms with Crippen LogP contribution in [0, 0.1) is 16.0 Å². The van der Waals surface area contributed by atoms with Gasteiger partial charge in [0.15, 0.2) is 5.71 Å². The molecule has 0 aliphatic rings. The highest BCUT2D eigenvalue weighted by atomic mass is 16.6. The van der Waals surface area contributed by atoms with Crippen LogP contribution in [0.4, 0.5) is 5.69 Å². The number of nitro groups is 1. The largest absolute Gasteiger partial charge is 0.410 e. The van der Waals surface area contributed by atoms with E-state index in [1.807, 2.05) is 12.1 Å². The molecule has 180 valence electrons. The van der Waals surface area contributed by atoms with E-state index in [2.05, 4.69) is 23.6 Å². The number of unbranched alkanes of at least 4 members (excludes halogenated alkanes) is 1. The maximum atomic E-state index is 13.3. The number of aromatic nitrogens is 1. The molecule has 1 unspecified atom stereocenters. The molecular weight excluding hydrogens is 442 g/mol. The molecular formula is C28H29N3O4. The monoisotopic (exact) mass is 471 g/mol. The number of non-ortho nitro benzene ring substituents is 1. The molecule has 1 heterocycles. The first-order chi connectivity index (χ1) is 17.0. The number of hydrogen-bond donors (Lipinski definition) is 1. The third-order valence-electron chi connectivity index (χ3n) is 6.67. The van der Waals surface area contributed by atoms with Crippen molar-refractivity contribution in [3.05, 3.63) is 88.0 Å². The highest BCUT2D eigenvalue weighted by molar-refractivity contribution is 6.51. The molecule has 4 rings (SSSR count). The summed E-state index contributed by atoms with van der Waals surface area (Å²) in [5.41, 5.74) is 2.66. The van der Waals surface area contributed by atoms with Gasteiger partial charge in [0.2, 0.25) is 5.78 Å². The second kappa shape index (κ2) is 10.5. The number of fused-ring (bicyclic) bond motifs is 3. The number of rotatable bonds is 10. The van der Waals surface area contributed by atoms with Crippen LogP contribution in [0.25, 0.3) is 21.8 Å². The van der Waals surface area contributed by atoms with Crippen molar-refractivity contribution in [2.24, 2.45) is 11.1 Å². The number of benzene rings is 3. The molecule has 35 heavy (non-hydrogen) atoms. The van der Waals surface area contributed by atoms with Gasteiger partial charge in [-0.2, -0.15) is 0 Å². The lowest BCUT2D eigenvalue weighted by Crippen LogP contribution is -2.16. The third-order valence-corrected chi connectivity index (χ3v) is 6.67. The summed E-state index contributed by atoms with van der Waals surface area (Å²) >= 11 is 0. The summed E-state index contributed by atoms with van der Waals surface area (Å²) in [6.07, 6.45) is 4.45. The van der Waals surface area contributed by atoms with Gasteiger partial charge in [0.05, 0.1) is 4.92 Å². The molecule has 0 amide bonds. The Morgan fingerprint density at radius 2 is 1.69 bits per heavy atom. The highest BCUT2D eigenvalue weighted by Crippen LogP contribution is 2.34. The summed E-state index contributed by atoms with van der Waals surface area (Å²) in [5, 5.41) is 25.8. The number of hydrogen-bond acceptors (Lipinski definition) is 5. The van der Waals surface area contributed by atoms with Crippen molar-refractivity contribution in [2.45, 2.75) is 46.1 Å². The summed E-state index contributed by atoms with van der Waals surface area (Å²) in [6.45, 7) is 5.17. The minimum absolute atomic E-state index is 0.00759. The van der Waals surface area contributed by atoms with Gasteiger partial charge in [-0.05, 0) is 36.6 Å². The number of nitro benzene ring substituents is 1. The molecule has 0 saturated heterocycles. The van der Waals surface area contributed by atoms with E-state index in [9.17, 15) is 20.1 Å². The van der Waals surface area contributed by atoms with Gasteiger partial charge in [-0.3, -0.25) is 14.9 Å². The molecule has 0 saturated carbocycles. The fraction of sp³-hybridized carbons (Fsp3) is 0.286. The standard InChI is InChI=1S/C28H29N3O4/c1-3-5-9-19(4-2)18-30-25-14-12-21(28(32)27(29-33)20-10-7-6-8-11-20)16-23(25)24-17-22(31(34)35)13-15-26(24)30/h6-8,10-17,19,33H,3-5,9,18H2,1-2H3. The molecule has 7 nitrogen and oxygen atoms in total. The lowest BCUT2D eigenvalue weighted by Gasteiger charge is -2.17. The van der Waals surface area contributed by atoms with Crippen LogP contribution in [-0.4, -0.2) is 26.2 Å². The van der Waals surface area contributed by atoms with Crippen molar-refractivity contribution in [3.8, 4) is 0 Å². The molecule has 3 aromatic carbocycles.